The minimum atomic E-state index is -1.12. The predicted molar refractivity (Wildman–Crippen MR) is 166 cm³/mol. The summed E-state index contributed by atoms with van der Waals surface area (Å²) < 4.78 is 13.1. The Labute approximate surface area is 247 Å². The summed E-state index contributed by atoms with van der Waals surface area (Å²) in [5.41, 5.74) is 5.80. The molecule has 6 rings (SSSR count). The Kier molecular flexibility index (Phi) is 6.95. The number of nitrogens with zero attached hydrogens (tertiary/aromatic N) is 1. The Hall–Kier alpha value is -3.96. The van der Waals surface area contributed by atoms with Gasteiger partial charge in [0, 0.05) is 57.9 Å². The summed E-state index contributed by atoms with van der Waals surface area (Å²) in [6.45, 7) is 12.9. The molecule has 0 amide bonds. The maximum Gasteiger partial charge on any atom is 0.340 e. The van der Waals surface area contributed by atoms with Crippen LogP contribution < -0.4 is 15.0 Å². The highest BCUT2D eigenvalue weighted by molar-refractivity contribution is 6.30. The van der Waals surface area contributed by atoms with Gasteiger partial charge in [-0.15, -0.1) is 0 Å². The minimum Gasteiger partial charge on any atom is -0.456 e. The van der Waals surface area contributed by atoms with Gasteiger partial charge in [0.1, 0.15) is 11.5 Å². The average molecular weight is 567 g/mol. The number of carbonyl (C=O) groups is 1. The van der Waals surface area contributed by atoms with E-state index >= 15 is 0 Å². The molecule has 0 fully saturated rings. The first kappa shape index (κ1) is 27.2. The van der Waals surface area contributed by atoms with Crippen molar-refractivity contribution < 1.29 is 14.3 Å². The Morgan fingerprint density at radius 2 is 1.51 bits per heavy atom. The summed E-state index contributed by atoms with van der Waals surface area (Å²) in [7, 11) is 0. The molecule has 4 aromatic carbocycles. The van der Waals surface area contributed by atoms with Gasteiger partial charge in [0.05, 0.1) is 5.56 Å². The van der Waals surface area contributed by atoms with Crippen molar-refractivity contribution in [2.45, 2.75) is 40.2 Å². The highest BCUT2D eigenvalue weighted by Gasteiger charge is 2.53. The van der Waals surface area contributed by atoms with Gasteiger partial charge in [-0.1, -0.05) is 57.5 Å². The molecular formula is C35H35ClN2O3. The molecule has 5 nitrogen and oxygen atoms in total. The molecule has 0 saturated carbocycles. The quantitative estimate of drug-likeness (QED) is 0.226. The van der Waals surface area contributed by atoms with Crippen molar-refractivity contribution in [1.82, 2.24) is 0 Å². The minimum absolute atomic E-state index is 0.336. The molecule has 0 bridgehead atoms. The number of benzene rings is 4. The summed E-state index contributed by atoms with van der Waals surface area (Å²) in [5.74, 6) is 2.06. The van der Waals surface area contributed by atoms with E-state index in [1.807, 2.05) is 61.5 Å². The molecule has 4 aromatic rings. The van der Waals surface area contributed by atoms with E-state index in [0.717, 1.165) is 52.4 Å². The number of carbonyl (C=O) groups excluding carboxylic acids is 1. The number of ether oxygens (including phenoxy) is 2. The highest BCUT2D eigenvalue weighted by atomic mass is 35.5. The van der Waals surface area contributed by atoms with Gasteiger partial charge in [-0.2, -0.15) is 0 Å². The number of anilines is 3. The molecule has 210 valence electrons. The topological polar surface area (TPSA) is 50.8 Å². The van der Waals surface area contributed by atoms with E-state index in [1.165, 1.54) is 0 Å². The molecule has 41 heavy (non-hydrogen) atoms. The molecule has 1 spiro atoms. The predicted octanol–water partition coefficient (Wildman–Crippen LogP) is 9.08. The van der Waals surface area contributed by atoms with Gasteiger partial charge in [-0.3, -0.25) is 0 Å². The van der Waals surface area contributed by atoms with E-state index < -0.39 is 5.60 Å². The normalized spacial score (nSPS) is 16.7. The summed E-state index contributed by atoms with van der Waals surface area (Å²) in [5, 5.41) is 4.19. The van der Waals surface area contributed by atoms with Crippen molar-refractivity contribution in [3.05, 3.63) is 112 Å². The first-order valence-electron chi connectivity index (χ1n) is 14.2. The zero-order valence-electron chi connectivity index (χ0n) is 24.1. The number of nitrogens with one attached hydrogen (secondary N) is 1. The van der Waals surface area contributed by atoms with E-state index in [-0.39, 0.29) is 5.97 Å². The van der Waals surface area contributed by atoms with Crippen LogP contribution in [0.2, 0.25) is 5.02 Å². The monoisotopic (exact) mass is 566 g/mol. The zero-order chi connectivity index (χ0) is 28.9. The second kappa shape index (κ2) is 10.5. The molecule has 0 aromatic heterocycles. The molecule has 0 saturated heterocycles. The van der Waals surface area contributed by atoms with Gasteiger partial charge in [0.2, 0.25) is 0 Å². The van der Waals surface area contributed by atoms with Crippen LogP contribution in [0.5, 0.6) is 11.5 Å². The van der Waals surface area contributed by atoms with Gasteiger partial charge < -0.3 is 19.7 Å². The summed E-state index contributed by atoms with van der Waals surface area (Å²) in [6, 6.07) is 25.6. The Balaban J connectivity index is 1.52. The van der Waals surface area contributed by atoms with Gasteiger partial charge in [0.15, 0.2) is 5.60 Å². The number of hydrogen-bond donors (Lipinski definition) is 1. The van der Waals surface area contributed by atoms with E-state index in [2.05, 4.69) is 62.2 Å². The number of esters is 1. The van der Waals surface area contributed by atoms with Crippen molar-refractivity contribution in [2.24, 2.45) is 11.8 Å². The molecular weight excluding hydrogens is 532 g/mol. The molecule has 2 heterocycles. The van der Waals surface area contributed by atoms with Crippen molar-refractivity contribution in [2.75, 3.05) is 23.3 Å². The van der Waals surface area contributed by atoms with Crippen molar-refractivity contribution in [1.29, 1.82) is 0 Å². The van der Waals surface area contributed by atoms with E-state index in [9.17, 15) is 4.79 Å². The van der Waals surface area contributed by atoms with Crippen molar-refractivity contribution in [3.8, 4) is 11.5 Å². The highest BCUT2D eigenvalue weighted by Crippen LogP contribution is 2.57. The Morgan fingerprint density at radius 3 is 2.22 bits per heavy atom. The van der Waals surface area contributed by atoms with E-state index in [4.69, 9.17) is 21.1 Å². The van der Waals surface area contributed by atoms with Crippen molar-refractivity contribution >= 4 is 34.6 Å². The second-order valence-corrected chi connectivity index (χ2v) is 12.3. The van der Waals surface area contributed by atoms with Gasteiger partial charge >= 0.3 is 5.97 Å². The number of rotatable bonds is 7. The third-order valence-electron chi connectivity index (χ3n) is 7.70. The van der Waals surface area contributed by atoms with Crippen LogP contribution in [0.3, 0.4) is 0 Å². The number of halogens is 1. The van der Waals surface area contributed by atoms with E-state index in [0.29, 0.717) is 33.9 Å². The molecule has 6 heteroatoms. The standard InChI is InChI=1S/C35H35ClN2O3/c1-21(2)19-38(20-22(3)4)26-14-15-29-33(17-26)40-32-16-23(5)31(37-25-12-10-24(36)11-13-25)18-30(32)35(29)28-9-7-6-8-27(28)34(39)41-35/h6-18,21-22,37H,19-20H2,1-5H3. The molecule has 2 aliphatic rings. The fourth-order valence-corrected chi connectivity index (χ4v) is 6.12. The van der Waals surface area contributed by atoms with Crippen LogP contribution >= 0.6 is 11.6 Å². The van der Waals surface area contributed by atoms with Crippen LogP contribution in [-0.2, 0) is 10.3 Å². The van der Waals surface area contributed by atoms with Crippen LogP contribution in [0.15, 0.2) is 78.9 Å². The summed E-state index contributed by atoms with van der Waals surface area (Å²) in [6.07, 6.45) is 0. The molecule has 1 atom stereocenters. The fourth-order valence-electron chi connectivity index (χ4n) is 6.00. The maximum absolute atomic E-state index is 13.4. The van der Waals surface area contributed by atoms with Crippen LogP contribution in [0.1, 0.15) is 60.3 Å². The smallest absolute Gasteiger partial charge is 0.340 e. The lowest BCUT2D eigenvalue weighted by Crippen LogP contribution is -2.34. The molecule has 0 radical (unpaired) electrons. The first-order valence-corrected chi connectivity index (χ1v) is 14.6. The van der Waals surface area contributed by atoms with Gasteiger partial charge in [0.25, 0.3) is 0 Å². The molecule has 1 unspecified atom stereocenters. The number of hydrogen-bond acceptors (Lipinski definition) is 5. The zero-order valence-corrected chi connectivity index (χ0v) is 24.9. The molecule has 1 N–H and O–H groups in total. The summed E-state index contributed by atoms with van der Waals surface area (Å²) >= 11 is 6.12. The van der Waals surface area contributed by atoms with Gasteiger partial charge in [-0.05, 0) is 78.9 Å². The Morgan fingerprint density at radius 1 is 0.829 bits per heavy atom. The Bertz CT molecular complexity index is 1620. The van der Waals surface area contributed by atoms with Crippen LogP contribution in [-0.4, -0.2) is 19.1 Å². The number of fused-ring (bicyclic) bond motifs is 6. The SMILES string of the molecule is Cc1cc2c(cc1Nc1ccc(Cl)cc1)C1(OC(=O)c3ccccc31)c1ccc(N(CC(C)C)CC(C)C)cc1O2. The number of aryl methyl sites for hydroxylation is 1. The lowest BCUT2D eigenvalue weighted by atomic mass is 9.77. The first-order chi connectivity index (χ1) is 19.7. The maximum atomic E-state index is 13.4. The third-order valence-corrected chi connectivity index (χ3v) is 7.95. The lowest BCUT2D eigenvalue weighted by Gasteiger charge is -2.38. The second-order valence-electron chi connectivity index (χ2n) is 11.9. The van der Waals surface area contributed by atoms with Crippen LogP contribution in [0.25, 0.3) is 0 Å². The van der Waals surface area contributed by atoms with Crippen LogP contribution in [0, 0.1) is 18.8 Å². The largest absolute Gasteiger partial charge is 0.456 e. The molecule has 0 aliphatic carbocycles. The fraction of sp³-hybridized carbons (Fsp3) is 0.286. The average Bonchev–Trinajstić information content (AvgIpc) is 3.22. The van der Waals surface area contributed by atoms with Crippen molar-refractivity contribution in [3.63, 3.8) is 0 Å². The van der Waals surface area contributed by atoms with Crippen LogP contribution in [0.4, 0.5) is 17.1 Å². The summed E-state index contributed by atoms with van der Waals surface area (Å²) in [4.78, 5) is 15.8. The molecule has 2 aliphatic heterocycles. The van der Waals surface area contributed by atoms with E-state index in [1.54, 1.807) is 0 Å². The lowest BCUT2D eigenvalue weighted by molar-refractivity contribution is 0.0224. The van der Waals surface area contributed by atoms with Gasteiger partial charge in [-0.25, -0.2) is 4.79 Å². The third kappa shape index (κ3) is 4.82.